The van der Waals surface area contributed by atoms with Crippen LogP contribution in [0.25, 0.3) is 0 Å². The van der Waals surface area contributed by atoms with E-state index in [1.807, 2.05) is 31.2 Å². The predicted octanol–water partition coefficient (Wildman–Crippen LogP) is 4.43. The van der Waals surface area contributed by atoms with E-state index >= 15 is 0 Å². The van der Waals surface area contributed by atoms with Gasteiger partial charge in [0, 0.05) is 34.2 Å². The van der Waals surface area contributed by atoms with E-state index in [-0.39, 0.29) is 17.1 Å². The fourth-order valence-electron chi connectivity index (χ4n) is 2.62. The molecule has 0 spiro atoms. The Hall–Kier alpha value is -3.73. The zero-order chi connectivity index (χ0) is 21.8. The molecule has 0 radical (unpaired) electrons. The molecule has 2 aromatic carbocycles. The summed E-state index contributed by atoms with van der Waals surface area (Å²) in [5.74, 6) is -0.819. The van der Waals surface area contributed by atoms with Crippen molar-refractivity contribution in [3.63, 3.8) is 0 Å². The van der Waals surface area contributed by atoms with Gasteiger partial charge in [-0.3, -0.25) is 29.7 Å². The van der Waals surface area contributed by atoms with Gasteiger partial charge in [-0.1, -0.05) is 29.5 Å². The van der Waals surface area contributed by atoms with Gasteiger partial charge in [-0.15, -0.1) is 0 Å². The van der Waals surface area contributed by atoms with Crippen LogP contribution < -0.4 is 5.32 Å². The molecule has 0 atom stereocenters. The Bertz CT molecular complexity index is 1130. The second-order valence-corrected chi connectivity index (χ2v) is 7.46. The first-order valence-electron chi connectivity index (χ1n) is 8.84. The van der Waals surface area contributed by atoms with Crippen LogP contribution in [0, 0.1) is 27.2 Å². The van der Waals surface area contributed by atoms with Crippen molar-refractivity contribution in [1.29, 1.82) is 0 Å². The average Bonchev–Trinajstić information content (AvgIpc) is 3.15. The van der Waals surface area contributed by atoms with Gasteiger partial charge in [-0.25, -0.2) is 0 Å². The zero-order valence-electron chi connectivity index (χ0n) is 16.1. The minimum Gasteiger partial charge on any atom is -0.320 e. The van der Waals surface area contributed by atoms with Crippen molar-refractivity contribution in [2.45, 2.75) is 30.2 Å². The number of hydrogen-bond acceptors (Lipinski definition) is 7. The van der Waals surface area contributed by atoms with Gasteiger partial charge in [0.2, 0.25) is 5.69 Å². The van der Waals surface area contributed by atoms with Gasteiger partial charge >= 0.3 is 5.69 Å². The monoisotopic (exact) mass is 427 g/mol. The van der Waals surface area contributed by atoms with E-state index in [1.54, 1.807) is 13.0 Å². The fraction of sp³-hybridized carbons (Fsp3) is 0.158. The number of benzene rings is 2. The Morgan fingerprint density at radius 3 is 2.40 bits per heavy atom. The standard InChI is InChI=1S/C19H17N5O5S/c1-3-22-11-17(24(28)29)18(21-22)19(25)20-13-8-14(23(26)27)10-16(9-13)30-15-6-4-12(2)5-7-15/h4-11H,3H2,1-2H3,(H,20,25). The second-order valence-electron chi connectivity index (χ2n) is 6.32. The van der Waals surface area contributed by atoms with Crippen LogP contribution in [0.2, 0.25) is 0 Å². The second kappa shape index (κ2) is 8.74. The van der Waals surface area contributed by atoms with Gasteiger partial charge in [0.05, 0.1) is 9.85 Å². The van der Waals surface area contributed by atoms with Crippen molar-refractivity contribution in [3.8, 4) is 0 Å². The first kappa shape index (κ1) is 21.0. The Morgan fingerprint density at radius 1 is 1.10 bits per heavy atom. The highest BCUT2D eigenvalue weighted by Gasteiger charge is 2.26. The summed E-state index contributed by atoms with van der Waals surface area (Å²) < 4.78 is 1.28. The lowest BCUT2D eigenvalue weighted by molar-refractivity contribution is -0.385. The van der Waals surface area contributed by atoms with Gasteiger partial charge < -0.3 is 5.32 Å². The number of nitrogens with zero attached hydrogens (tertiary/aromatic N) is 4. The highest BCUT2D eigenvalue weighted by molar-refractivity contribution is 7.99. The smallest absolute Gasteiger partial charge is 0.320 e. The summed E-state index contributed by atoms with van der Waals surface area (Å²) in [6.45, 7) is 4.03. The maximum absolute atomic E-state index is 12.6. The summed E-state index contributed by atoms with van der Waals surface area (Å²) in [6, 6.07) is 11.8. The summed E-state index contributed by atoms with van der Waals surface area (Å²) >= 11 is 1.30. The molecule has 154 valence electrons. The van der Waals surface area contributed by atoms with Gasteiger partial charge in [0.25, 0.3) is 11.6 Å². The van der Waals surface area contributed by atoms with Crippen LogP contribution in [0.3, 0.4) is 0 Å². The van der Waals surface area contributed by atoms with Crippen LogP contribution in [-0.2, 0) is 6.54 Å². The molecule has 0 aliphatic carbocycles. The highest BCUT2D eigenvalue weighted by atomic mass is 32.2. The molecule has 0 saturated heterocycles. The molecule has 1 N–H and O–H groups in total. The molecule has 0 fully saturated rings. The number of non-ortho nitro benzene ring substituents is 1. The molecule has 10 nitrogen and oxygen atoms in total. The van der Waals surface area contributed by atoms with Crippen molar-refractivity contribution in [3.05, 3.63) is 80.1 Å². The summed E-state index contributed by atoms with van der Waals surface area (Å²) in [7, 11) is 0. The lowest BCUT2D eigenvalue weighted by atomic mass is 10.2. The number of anilines is 1. The summed E-state index contributed by atoms with van der Waals surface area (Å²) in [5, 5.41) is 28.9. The number of carbonyl (C=O) groups excluding carboxylic acids is 1. The van der Waals surface area contributed by atoms with Crippen LogP contribution in [0.15, 0.2) is 58.5 Å². The Morgan fingerprint density at radius 2 is 1.80 bits per heavy atom. The molecule has 0 unspecified atom stereocenters. The number of nitro benzene ring substituents is 1. The molecular weight excluding hydrogens is 410 g/mol. The van der Waals surface area contributed by atoms with Crippen LogP contribution in [0.5, 0.6) is 0 Å². The first-order chi connectivity index (χ1) is 14.3. The molecule has 11 heteroatoms. The summed E-state index contributed by atoms with van der Waals surface area (Å²) in [4.78, 5) is 35.3. The molecule has 1 amide bonds. The lowest BCUT2D eigenvalue weighted by Gasteiger charge is -2.07. The number of amides is 1. The molecular formula is C19H17N5O5S. The Labute approximate surface area is 175 Å². The van der Waals surface area contributed by atoms with E-state index in [9.17, 15) is 25.0 Å². The molecule has 1 heterocycles. The largest absolute Gasteiger partial charge is 0.320 e. The SMILES string of the molecule is CCn1cc([N+](=O)[O-])c(C(=O)Nc2cc(Sc3ccc(C)cc3)cc([N+](=O)[O-])c2)n1. The van der Waals surface area contributed by atoms with Crippen LogP contribution in [0.4, 0.5) is 17.1 Å². The molecule has 0 bridgehead atoms. The van der Waals surface area contributed by atoms with Gasteiger partial charge in [0.15, 0.2) is 0 Å². The van der Waals surface area contributed by atoms with Crippen molar-refractivity contribution < 1.29 is 14.6 Å². The molecule has 0 aliphatic rings. The predicted molar refractivity (Wildman–Crippen MR) is 111 cm³/mol. The van der Waals surface area contributed by atoms with Gasteiger partial charge in [0.1, 0.15) is 6.20 Å². The minimum atomic E-state index is -0.819. The number of aromatic nitrogens is 2. The molecule has 3 aromatic rings. The maximum Gasteiger partial charge on any atom is 0.320 e. The molecule has 1 aromatic heterocycles. The number of aryl methyl sites for hydroxylation is 2. The Kier molecular flexibility index (Phi) is 6.11. The van der Waals surface area contributed by atoms with E-state index in [0.717, 1.165) is 10.5 Å². The third kappa shape index (κ3) is 4.81. The molecule has 30 heavy (non-hydrogen) atoms. The van der Waals surface area contributed by atoms with Crippen LogP contribution >= 0.6 is 11.8 Å². The van der Waals surface area contributed by atoms with Crippen LogP contribution in [-0.4, -0.2) is 25.5 Å². The summed E-state index contributed by atoms with van der Waals surface area (Å²) in [6.07, 6.45) is 1.17. The highest BCUT2D eigenvalue weighted by Crippen LogP contribution is 2.33. The topological polar surface area (TPSA) is 133 Å². The molecule has 3 rings (SSSR count). The fourth-order valence-corrected chi connectivity index (χ4v) is 3.53. The molecule has 0 aliphatic heterocycles. The summed E-state index contributed by atoms with van der Waals surface area (Å²) in [5.41, 5.74) is 0.217. The molecule has 0 saturated carbocycles. The quantitative estimate of drug-likeness (QED) is 0.435. The van der Waals surface area contributed by atoms with Crippen molar-refractivity contribution in [1.82, 2.24) is 9.78 Å². The van der Waals surface area contributed by atoms with E-state index in [2.05, 4.69) is 10.4 Å². The maximum atomic E-state index is 12.6. The number of rotatable bonds is 7. The third-order valence-electron chi connectivity index (χ3n) is 4.09. The number of nitro groups is 2. The van der Waals surface area contributed by atoms with E-state index in [4.69, 9.17) is 0 Å². The van der Waals surface area contributed by atoms with Gasteiger partial charge in [-0.2, -0.15) is 5.10 Å². The third-order valence-corrected chi connectivity index (χ3v) is 5.07. The van der Waals surface area contributed by atoms with Gasteiger partial charge in [-0.05, 0) is 32.0 Å². The Balaban J connectivity index is 1.91. The van der Waals surface area contributed by atoms with Crippen molar-refractivity contribution in [2.75, 3.05) is 5.32 Å². The number of nitrogens with one attached hydrogen (secondary N) is 1. The minimum absolute atomic E-state index is 0.143. The van der Waals surface area contributed by atoms with Crippen LogP contribution in [0.1, 0.15) is 23.0 Å². The first-order valence-corrected chi connectivity index (χ1v) is 9.65. The van der Waals surface area contributed by atoms with E-state index in [0.29, 0.717) is 11.4 Å². The number of hydrogen-bond donors (Lipinski definition) is 1. The van der Waals surface area contributed by atoms with Crippen molar-refractivity contribution >= 4 is 34.7 Å². The average molecular weight is 427 g/mol. The van der Waals surface area contributed by atoms with E-state index < -0.39 is 21.4 Å². The normalized spacial score (nSPS) is 10.6. The number of carbonyl (C=O) groups is 1. The lowest BCUT2D eigenvalue weighted by Crippen LogP contribution is -2.15. The van der Waals surface area contributed by atoms with Crippen molar-refractivity contribution in [2.24, 2.45) is 0 Å². The van der Waals surface area contributed by atoms with E-state index in [1.165, 1.54) is 34.8 Å². The zero-order valence-corrected chi connectivity index (χ0v) is 16.9.